The summed E-state index contributed by atoms with van der Waals surface area (Å²) in [5, 5.41) is 12.8. The third-order valence-electron chi connectivity index (χ3n) is 5.34. The second kappa shape index (κ2) is 9.94. The molecule has 1 aliphatic rings. The van der Waals surface area contributed by atoms with Gasteiger partial charge < -0.3 is 19.7 Å². The van der Waals surface area contributed by atoms with Crippen molar-refractivity contribution < 1.29 is 32.4 Å². The second-order valence-corrected chi connectivity index (χ2v) is 10.1. The van der Waals surface area contributed by atoms with Crippen LogP contribution in [-0.4, -0.2) is 44.7 Å². The quantitative estimate of drug-likeness (QED) is 0.386. The Morgan fingerprint density at radius 1 is 1.18 bits per heavy atom. The minimum absolute atomic E-state index is 0.0293. The molecule has 9 nitrogen and oxygen atoms in total. The van der Waals surface area contributed by atoms with E-state index in [9.17, 15) is 23.0 Å². The average Bonchev–Trinajstić information content (AvgIpc) is 3.11. The molecular weight excluding hydrogens is 447 g/mol. The van der Waals surface area contributed by atoms with Gasteiger partial charge in [0.15, 0.2) is 0 Å². The zero-order valence-electron chi connectivity index (χ0n) is 18.9. The monoisotopic (exact) mass is 474 g/mol. The zero-order valence-corrected chi connectivity index (χ0v) is 19.7. The minimum Gasteiger partial charge on any atom is -0.459 e. The maximum Gasteiger partial charge on any atom is 0.492 e. The molecule has 0 spiro atoms. The second-order valence-electron chi connectivity index (χ2n) is 8.35. The van der Waals surface area contributed by atoms with Gasteiger partial charge in [-0.1, -0.05) is 32.0 Å². The first-order chi connectivity index (χ1) is 15.5. The molecule has 1 aliphatic heterocycles. The van der Waals surface area contributed by atoms with Crippen molar-refractivity contribution in [3.63, 3.8) is 0 Å². The van der Waals surface area contributed by atoms with Gasteiger partial charge in [0.2, 0.25) is 10.0 Å². The van der Waals surface area contributed by atoms with Crippen LogP contribution in [0.2, 0.25) is 0 Å². The van der Waals surface area contributed by atoms with Gasteiger partial charge in [-0.15, -0.1) is 0 Å². The van der Waals surface area contributed by atoms with Crippen LogP contribution in [0.3, 0.4) is 0 Å². The highest BCUT2D eigenvalue weighted by Crippen LogP contribution is 2.17. The lowest BCUT2D eigenvalue weighted by Crippen LogP contribution is -2.46. The van der Waals surface area contributed by atoms with Gasteiger partial charge in [-0.3, -0.25) is 9.52 Å². The summed E-state index contributed by atoms with van der Waals surface area (Å²) in [5.41, 5.74) is 3.44. The number of fused-ring (bicyclic) bond motifs is 1. The maximum atomic E-state index is 12.9. The SMILES string of the molecule is Cc1c(C(=O)N[C@H](C(=O)OCc2ccc(NS(C)(=O)=O)cc2)C(C)C)ccc2c1B(O)OC2. The molecule has 0 aromatic heterocycles. The number of carbonyl (C=O) groups is 2. The molecule has 11 heteroatoms. The number of anilines is 1. The Kier molecular flexibility index (Phi) is 7.46. The summed E-state index contributed by atoms with van der Waals surface area (Å²) in [4.78, 5) is 25.6. The number of rotatable bonds is 8. The number of esters is 1. The van der Waals surface area contributed by atoms with Crippen molar-refractivity contribution in [3.8, 4) is 0 Å². The Bertz CT molecular complexity index is 1150. The summed E-state index contributed by atoms with van der Waals surface area (Å²) in [5.74, 6) is -1.26. The van der Waals surface area contributed by atoms with Crippen LogP contribution in [0, 0.1) is 12.8 Å². The number of nitrogens with one attached hydrogen (secondary N) is 2. The largest absolute Gasteiger partial charge is 0.492 e. The highest BCUT2D eigenvalue weighted by atomic mass is 32.2. The van der Waals surface area contributed by atoms with Crippen molar-refractivity contribution in [1.82, 2.24) is 5.32 Å². The maximum absolute atomic E-state index is 12.9. The Hall–Kier alpha value is -2.89. The molecule has 0 fully saturated rings. The van der Waals surface area contributed by atoms with E-state index in [-0.39, 0.29) is 19.1 Å². The highest BCUT2D eigenvalue weighted by molar-refractivity contribution is 7.92. The molecular formula is C22H27BN2O7S. The van der Waals surface area contributed by atoms with E-state index in [1.165, 1.54) is 0 Å². The van der Waals surface area contributed by atoms with Crippen LogP contribution in [-0.2, 0) is 37.4 Å². The van der Waals surface area contributed by atoms with Gasteiger partial charge in [0.05, 0.1) is 12.9 Å². The van der Waals surface area contributed by atoms with Gasteiger partial charge in [-0.05, 0) is 53.2 Å². The predicted molar refractivity (Wildman–Crippen MR) is 124 cm³/mol. The first-order valence-electron chi connectivity index (χ1n) is 10.4. The topological polar surface area (TPSA) is 131 Å². The van der Waals surface area contributed by atoms with Crippen molar-refractivity contribution in [1.29, 1.82) is 0 Å². The Morgan fingerprint density at radius 3 is 2.45 bits per heavy atom. The molecule has 0 bridgehead atoms. The van der Waals surface area contributed by atoms with Crippen molar-refractivity contribution in [3.05, 3.63) is 58.7 Å². The van der Waals surface area contributed by atoms with Crippen molar-refractivity contribution in [2.45, 2.75) is 40.0 Å². The first kappa shape index (κ1) is 24.8. The molecule has 1 heterocycles. The average molecular weight is 474 g/mol. The van der Waals surface area contributed by atoms with Crippen LogP contribution in [0.5, 0.6) is 0 Å². The van der Waals surface area contributed by atoms with Crippen LogP contribution in [0.4, 0.5) is 5.69 Å². The van der Waals surface area contributed by atoms with Crippen molar-refractivity contribution in [2.75, 3.05) is 11.0 Å². The Labute approximate surface area is 193 Å². The number of hydrogen-bond acceptors (Lipinski definition) is 7. The van der Waals surface area contributed by atoms with Gasteiger partial charge in [0, 0.05) is 11.3 Å². The Balaban J connectivity index is 1.65. The molecule has 0 unspecified atom stereocenters. The number of carbonyl (C=O) groups excluding carboxylic acids is 2. The molecule has 0 radical (unpaired) electrons. The van der Waals surface area contributed by atoms with Gasteiger partial charge in [0.1, 0.15) is 12.6 Å². The molecule has 176 valence electrons. The highest BCUT2D eigenvalue weighted by Gasteiger charge is 2.32. The number of benzene rings is 2. The third kappa shape index (κ3) is 6.13. The van der Waals surface area contributed by atoms with Gasteiger partial charge in [-0.25, -0.2) is 13.2 Å². The first-order valence-corrected chi connectivity index (χ1v) is 12.3. The fraction of sp³-hybridized carbons (Fsp3) is 0.364. The standard InChI is InChI=1S/C22H27BN2O7S/c1-13(2)20(22(27)31-11-15-5-8-17(9-6-15)25-33(4,29)30)24-21(26)18-10-7-16-12-32-23(28)19(16)14(18)3/h5-10,13,20,25,28H,11-12H2,1-4H3,(H,24,26)/t20-/m0/s1. The lowest BCUT2D eigenvalue weighted by Gasteiger charge is -2.22. The van der Waals surface area contributed by atoms with E-state index in [0.29, 0.717) is 27.8 Å². The Morgan fingerprint density at radius 2 is 1.85 bits per heavy atom. The molecule has 0 saturated carbocycles. The van der Waals surface area contributed by atoms with E-state index in [1.54, 1.807) is 57.2 Å². The number of sulfonamides is 1. The zero-order chi connectivity index (χ0) is 24.3. The van der Waals surface area contributed by atoms with Gasteiger partial charge in [0.25, 0.3) is 5.91 Å². The van der Waals surface area contributed by atoms with E-state index >= 15 is 0 Å². The summed E-state index contributed by atoms with van der Waals surface area (Å²) in [7, 11) is -4.45. The van der Waals surface area contributed by atoms with Crippen LogP contribution in [0.15, 0.2) is 36.4 Å². The molecule has 3 N–H and O–H groups in total. The molecule has 0 saturated heterocycles. The van der Waals surface area contributed by atoms with E-state index < -0.39 is 35.1 Å². The molecule has 1 atom stereocenters. The van der Waals surface area contributed by atoms with E-state index in [0.717, 1.165) is 11.8 Å². The molecule has 2 aromatic carbocycles. The fourth-order valence-electron chi connectivity index (χ4n) is 3.60. The lowest BCUT2D eigenvalue weighted by molar-refractivity contribution is -0.148. The van der Waals surface area contributed by atoms with E-state index in [2.05, 4.69) is 10.0 Å². The van der Waals surface area contributed by atoms with Gasteiger partial charge >= 0.3 is 13.1 Å². The summed E-state index contributed by atoms with van der Waals surface area (Å²) in [6.45, 7) is 5.58. The number of ether oxygens (including phenoxy) is 1. The van der Waals surface area contributed by atoms with Gasteiger partial charge in [-0.2, -0.15) is 0 Å². The van der Waals surface area contributed by atoms with Crippen LogP contribution in [0.25, 0.3) is 0 Å². The van der Waals surface area contributed by atoms with E-state index in [1.807, 2.05) is 0 Å². The van der Waals surface area contributed by atoms with Crippen LogP contribution < -0.4 is 15.5 Å². The molecule has 3 rings (SSSR count). The smallest absolute Gasteiger partial charge is 0.459 e. The number of amides is 1. The molecule has 2 aromatic rings. The lowest BCUT2D eigenvalue weighted by atomic mass is 9.75. The summed E-state index contributed by atoms with van der Waals surface area (Å²) >= 11 is 0. The molecule has 0 aliphatic carbocycles. The van der Waals surface area contributed by atoms with Crippen LogP contribution in [0.1, 0.15) is 40.9 Å². The minimum atomic E-state index is -3.38. The normalized spacial score (nSPS) is 14.1. The summed E-state index contributed by atoms with van der Waals surface area (Å²) < 4.78 is 35.6. The van der Waals surface area contributed by atoms with Crippen molar-refractivity contribution in [2.24, 2.45) is 5.92 Å². The van der Waals surface area contributed by atoms with E-state index in [4.69, 9.17) is 9.39 Å². The molecule has 1 amide bonds. The molecule has 33 heavy (non-hydrogen) atoms. The van der Waals surface area contributed by atoms with Crippen molar-refractivity contribution >= 4 is 40.2 Å². The summed E-state index contributed by atoms with van der Waals surface area (Å²) in [6.07, 6.45) is 1.06. The predicted octanol–water partition coefficient (Wildman–Crippen LogP) is 1.08. The van der Waals surface area contributed by atoms with Crippen LogP contribution >= 0.6 is 0 Å². The third-order valence-corrected chi connectivity index (χ3v) is 5.95. The number of hydrogen-bond donors (Lipinski definition) is 3. The summed E-state index contributed by atoms with van der Waals surface area (Å²) in [6, 6.07) is 8.94. The fourth-order valence-corrected chi connectivity index (χ4v) is 4.16.